The van der Waals surface area contributed by atoms with Crippen molar-refractivity contribution < 1.29 is 9.53 Å². The van der Waals surface area contributed by atoms with Crippen LogP contribution in [-0.2, 0) is 4.74 Å². The Hall–Kier alpha value is -2.21. The van der Waals surface area contributed by atoms with Gasteiger partial charge in [-0.25, -0.2) is 4.79 Å². The molecule has 0 radical (unpaired) electrons. The lowest BCUT2D eigenvalue weighted by atomic mass is 10.1. The highest BCUT2D eigenvalue weighted by molar-refractivity contribution is 9.10. The molecule has 1 aliphatic rings. The summed E-state index contributed by atoms with van der Waals surface area (Å²) < 4.78 is 5.91. The second-order valence-corrected chi connectivity index (χ2v) is 6.47. The number of esters is 1. The maximum Gasteiger partial charge on any atom is 0.338 e. The summed E-state index contributed by atoms with van der Waals surface area (Å²) in [6, 6.07) is 9.15. The van der Waals surface area contributed by atoms with Gasteiger partial charge in [-0.05, 0) is 58.6 Å². The highest BCUT2D eigenvalue weighted by atomic mass is 79.9. The third kappa shape index (κ3) is 3.06. The summed E-state index contributed by atoms with van der Waals surface area (Å²) in [5, 5.41) is 1.60. The first kappa shape index (κ1) is 16.6. The van der Waals surface area contributed by atoms with Crippen LogP contribution in [-0.4, -0.2) is 12.6 Å². The predicted molar refractivity (Wildman–Crippen MR) is 95.4 cm³/mol. The number of carbonyl (C=O) groups is 1. The van der Waals surface area contributed by atoms with Crippen molar-refractivity contribution in [3.63, 3.8) is 0 Å². The summed E-state index contributed by atoms with van der Waals surface area (Å²) in [7, 11) is 0. The van der Waals surface area contributed by atoms with Crippen LogP contribution < -0.4 is 16.4 Å². The molecule has 0 amide bonds. The van der Waals surface area contributed by atoms with Crippen LogP contribution in [0.25, 0.3) is 0 Å². The van der Waals surface area contributed by atoms with E-state index >= 15 is 0 Å². The predicted octanol–water partition coefficient (Wildman–Crippen LogP) is 2.86. The molecule has 3 rings (SSSR count). The fourth-order valence-corrected chi connectivity index (χ4v) is 3.11. The maximum absolute atomic E-state index is 11.8. The fraction of sp³-hybridized carbons (Fsp3) is 0.278. The highest BCUT2D eigenvalue weighted by Crippen LogP contribution is 2.23. The number of fused-ring (bicyclic) bond motifs is 1. The number of ether oxygens (including phenoxy) is 1. The average Bonchev–Trinajstić information content (AvgIpc) is 3.02. The molecule has 0 saturated carbocycles. The largest absolute Gasteiger partial charge is 0.462 e. The second kappa shape index (κ2) is 6.73. The molecule has 1 heterocycles. The van der Waals surface area contributed by atoms with E-state index in [2.05, 4.69) is 25.9 Å². The molecule has 2 N–H and O–H groups in total. The molecular weight excluding hydrogens is 370 g/mol. The molecule has 0 spiro atoms. The first-order valence-electron chi connectivity index (χ1n) is 7.78. The summed E-state index contributed by atoms with van der Waals surface area (Å²) >= 11 is 3.50. The number of carbonyl (C=O) groups excluding carboxylic acids is 1. The zero-order valence-corrected chi connectivity index (χ0v) is 15.1. The Morgan fingerprint density at radius 2 is 2.00 bits per heavy atom. The van der Waals surface area contributed by atoms with Crippen LogP contribution in [0, 0.1) is 6.92 Å². The van der Waals surface area contributed by atoms with Gasteiger partial charge in [-0.2, -0.15) is 0 Å². The van der Waals surface area contributed by atoms with Crippen LogP contribution in [0.5, 0.6) is 0 Å². The molecule has 0 unspecified atom stereocenters. The number of halogens is 1. The topological polar surface area (TPSA) is 77.0 Å². The van der Waals surface area contributed by atoms with Gasteiger partial charge in [0, 0.05) is 0 Å². The van der Waals surface area contributed by atoms with Crippen molar-refractivity contribution in [1.82, 2.24) is 0 Å². The lowest BCUT2D eigenvalue weighted by Crippen LogP contribution is -2.24. The molecule has 0 saturated heterocycles. The van der Waals surface area contributed by atoms with E-state index in [0.717, 1.165) is 32.7 Å². The molecule has 1 aliphatic heterocycles. The molecule has 5 nitrogen and oxygen atoms in total. The standard InChI is InChI=1S/C18H18BrN3O2/c1-3-8-24-18(23)12-6-4-11(5-7-12)17-21-13-9-10(2)15(20)14(19)16(13)22-17/h4-7,9,17H,3,8,20H2,1-2H3/t17-/m0/s1. The van der Waals surface area contributed by atoms with E-state index in [1.54, 1.807) is 12.1 Å². The zero-order valence-electron chi connectivity index (χ0n) is 13.5. The molecule has 124 valence electrons. The van der Waals surface area contributed by atoms with Crippen LogP contribution in [0.15, 0.2) is 44.8 Å². The number of aryl methyl sites for hydroxylation is 1. The van der Waals surface area contributed by atoms with Crippen molar-refractivity contribution >= 4 is 27.6 Å². The average molecular weight is 388 g/mol. The highest BCUT2D eigenvalue weighted by Gasteiger charge is 2.17. The Morgan fingerprint density at radius 1 is 1.29 bits per heavy atom. The van der Waals surface area contributed by atoms with Gasteiger partial charge >= 0.3 is 5.97 Å². The van der Waals surface area contributed by atoms with Gasteiger partial charge in [0.15, 0.2) is 6.17 Å². The molecule has 2 aromatic carbocycles. The summed E-state index contributed by atoms with van der Waals surface area (Å²) in [5.74, 6) is -0.307. The number of benzene rings is 2. The van der Waals surface area contributed by atoms with E-state index < -0.39 is 0 Å². The van der Waals surface area contributed by atoms with E-state index in [1.165, 1.54) is 0 Å². The van der Waals surface area contributed by atoms with E-state index in [9.17, 15) is 4.79 Å². The Labute approximate surface area is 148 Å². The molecule has 0 aliphatic carbocycles. The van der Waals surface area contributed by atoms with Gasteiger partial charge in [0.1, 0.15) is 5.36 Å². The van der Waals surface area contributed by atoms with Gasteiger partial charge in [-0.3, -0.25) is 9.98 Å². The maximum atomic E-state index is 11.8. The molecule has 0 fully saturated rings. The lowest BCUT2D eigenvalue weighted by Gasteiger charge is -2.06. The first-order valence-corrected chi connectivity index (χ1v) is 8.58. The van der Waals surface area contributed by atoms with Gasteiger partial charge in [-0.15, -0.1) is 0 Å². The fourth-order valence-electron chi connectivity index (χ4n) is 2.49. The third-order valence-corrected chi connectivity index (χ3v) is 4.66. The van der Waals surface area contributed by atoms with E-state index in [-0.39, 0.29) is 12.1 Å². The van der Waals surface area contributed by atoms with Crippen molar-refractivity contribution in [2.24, 2.45) is 9.98 Å². The van der Waals surface area contributed by atoms with Gasteiger partial charge < -0.3 is 10.5 Å². The Balaban J connectivity index is 1.88. The van der Waals surface area contributed by atoms with Gasteiger partial charge in [0.2, 0.25) is 0 Å². The van der Waals surface area contributed by atoms with E-state index in [4.69, 9.17) is 10.5 Å². The molecule has 0 aromatic heterocycles. The van der Waals surface area contributed by atoms with Crippen molar-refractivity contribution in [3.05, 3.63) is 62.2 Å². The smallest absolute Gasteiger partial charge is 0.338 e. The minimum atomic E-state index is -0.321. The van der Waals surface area contributed by atoms with Crippen LogP contribution in [0.2, 0.25) is 0 Å². The molecule has 0 bridgehead atoms. The lowest BCUT2D eigenvalue weighted by molar-refractivity contribution is 0.0505. The summed E-state index contributed by atoms with van der Waals surface area (Å²) in [4.78, 5) is 21.1. The summed E-state index contributed by atoms with van der Waals surface area (Å²) in [6.07, 6.45) is 0.484. The number of hydrogen-bond donors (Lipinski definition) is 1. The second-order valence-electron chi connectivity index (χ2n) is 5.68. The SMILES string of the molecule is CCCOC(=O)c1ccc([C@H]2N=c3cc(C)c(N)c(Br)c3=N2)cc1. The van der Waals surface area contributed by atoms with Crippen LogP contribution >= 0.6 is 15.9 Å². The van der Waals surface area contributed by atoms with Crippen LogP contribution in [0.3, 0.4) is 0 Å². The quantitative estimate of drug-likeness (QED) is 0.646. The van der Waals surface area contributed by atoms with Crippen molar-refractivity contribution in [2.45, 2.75) is 26.4 Å². The van der Waals surface area contributed by atoms with Crippen LogP contribution in [0.4, 0.5) is 5.69 Å². The minimum Gasteiger partial charge on any atom is -0.462 e. The van der Waals surface area contributed by atoms with Gasteiger partial charge in [0.05, 0.1) is 27.7 Å². The number of nitrogens with zero attached hydrogens (tertiary/aromatic N) is 2. The van der Waals surface area contributed by atoms with Crippen molar-refractivity contribution in [1.29, 1.82) is 0 Å². The van der Waals surface area contributed by atoms with E-state index in [1.807, 2.05) is 32.0 Å². The number of nitrogen functional groups attached to an aromatic ring is 1. The molecule has 6 heteroatoms. The molecule has 24 heavy (non-hydrogen) atoms. The third-order valence-electron chi connectivity index (χ3n) is 3.86. The minimum absolute atomic E-state index is 0.307. The van der Waals surface area contributed by atoms with Crippen molar-refractivity contribution in [3.8, 4) is 0 Å². The molecule has 2 aromatic rings. The molecular formula is C18H18BrN3O2. The first-order chi connectivity index (χ1) is 11.5. The Morgan fingerprint density at radius 3 is 2.67 bits per heavy atom. The summed E-state index contributed by atoms with van der Waals surface area (Å²) in [5.41, 5.74) is 9.13. The Kier molecular flexibility index (Phi) is 4.66. The monoisotopic (exact) mass is 387 g/mol. The van der Waals surface area contributed by atoms with Crippen molar-refractivity contribution in [2.75, 3.05) is 12.3 Å². The van der Waals surface area contributed by atoms with E-state index in [0.29, 0.717) is 17.9 Å². The molecule has 1 atom stereocenters. The van der Waals surface area contributed by atoms with Crippen LogP contribution in [0.1, 0.15) is 41.0 Å². The van der Waals surface area contributed by atoms with Gasteiger partial charge in [-0.1, -0.05) is 19.1 Å². The number of nitrogens with two attached hydrogens (primary N) is 1. The number of anilines is 1. The summed E-state index contributed by atoms with van der Waals surface area (Å²) in [6.45, 7) is 4.33. The zero-order chi connectivity index (χ0) is 17.3. The Bertz CT molecular complexity index is 907. The number of rotatable bonds is 4. The normalized spacial score (nSPS) is 15.4. The number of hydrogen-bond acceptors (Lipinski definition) is 5. The van der Waals surface area contributed by atoms with Gasteiger partial charge in [0.25, 0.3) is 0 Å².